The first-order chi connectivity index (χ1) is 30.3. The molecule has 1 unspecified atom stereocenters. The molecule has 4 fully saturated rings. The third-order valence-electron chi connectivity index (χ3n) is 13.5. The number of benzene rings is 3. The van der Waals surface area contributed by atoms with Gasteiger partial charge in [0.15, 0.2) is 10.8 Å². The highest BCUT2D eigenvalue weighted by Crippen LogP contribution is 2.45. The van der Waals surface area contributed by atoms with E-state index in [2.05, 4.69) is 15.1 Å². The smallest absolute Gasteiger partial charge is 0.407 e. The van der Waals surface area contributed by atoms with Crippen molar-refractivity contribution >= 4 is 69.8 Å². The number of fused-ring (bicyclic) bond motifs is 2. The van der Waals surface area contributed by atoms with Gasteiger partial charge >= 0.3 is 6.18 Å². The molecule has 3 aromatic carbocycles. The number of hydrogen-bond acceptors (Lipinski definition) is 9. The van der Waals surface area contributed by atoms with Gasteiger partial charge in [-0.15, -0.1) is 0 Å². The highest BCUT2D eigenvalue weighted by atomic mass is 32.1. The second kappa shape index (κ2) is 15.5. The van der Waals surface area contributed by atoms with Gasteiger partial charge in [0, 0.05) is 42.8 Å². The van der Waals surface area contributed by atoms with Crippen molar-refractivity contribution in [2.45, 2.75) is 70.1 Å². The van der Waals surface area contributed by atoms with Crippen molar-refractivity contribution in [2.75, 3.05) is 49.1 Å². The first-order valence-electron chi connectivity index (χ1n) is 20.9. The van der Waals surface area contributed by atoms with Crippen LogP contribution in [-0.2, 0) is 27.0 Å². The van der Waals surface area contributed by atoms with E-state index in [1.165, 1.54) is 36.9 Å². The first-order valence-corrected chi connectivity index (χ1v) is 21.3. The fraction of sp³-hybridized carbons (Fsp3) is 0.422. The number of alkyl halides is 3. The number of nitrogens with zero attached hydrogens (tertiary/aromatic N) is 6. The average Bonchev–Trinajstić information content (AvgIpc) is 3.86. The standard InChI is InChI=1S/C45H41F4N7O7S/c1-43(2)41(62)54(26-5-7-33(50-3)31(17-26)45(47,48)49)42(64)56(43)27-4-6-28(32(46)18-27)38(59)53-13-10-24(22-53)21-52-14-11-44(12-15-52)20-25-16-29-30(19-35(25)63-23-44)40(61)55(39(29)60)34-8-9-36(57)51-37(34)58/h4-7,16-19,24,34H,8-15,20-23H2,1-2H3,(H,51,57,58)/t24-,34?/m0/s1. The minimum Gasteiger partial charge on any atom is -0.493 e. The fourth-order valence-corrected chi connectivity index (χ4v) is 10.5. The van der Waals surface area contributed by atoms with Gasteiger partial charge in [0.1, 0.15) is 23.1 Å². The molecule has 0 aromatic heterocycles. The number of carbonyl (C=O) groups excluding carboxylic acids is 6. The van der Waals surface area contributed by atoms with E-state index in [1.807, 2.05) is 0 Å². The molecule has 1 spiro atoms. The van der Waals surface area contributed by atoms with E-state index < -0.39 is 70.3 Å². The molecule has 6 heterocycles. The highest BCUT2D eigenvalue weighted by molar-refractivity contribution is 7.81. The Morgan fingerprint density at radius 1 is 0.953 bits per heavy atom. The molecule has 6 amide bonds. The van der Waals surface area contributed by atoms with Gasteiger partial charge in [-0.1, -0.05) is 6.07 Å². The number of hydrogen-bond donors (Lipinski definition) is 1. The van der Waals surface area contributed by atoms with Crippen LogP contribution in [0.25, 0.3) is 4.85 Å². The van der Waals surface area contributed by atoms with Crippen molar-refractivity contribution in [3.05, 3.63) is 93.6 Å². The molecule has 6 aliphatic rings. The van der Waals surface area contributed by atoms with Crippen molar-refractivity contribution < 1.29 is 51.1 Å². The lowest BCUT2D eigenvalue weighted by molar-refractivity contribution is -0.137. The number of carbonyl (C=O) groups is 6. The quantitative estimate of drug-likeness (QED) is 0.138. The number of piperidine rings is 2. The van der Waals surface area contributed by atoms with E-state index in [0.717, 1.165) is 66.4 Å². The molecule has 0 radical (unpaired) electrons. The van der Waals surface area contributed by atoms with Gasteiger partial charge in [-0.2, -0.15) is 13.2 Å². The van der Waals surface area contributed by atoms with E-state index in [0.29, 0.717) is 37.9 Å². The number of nitrogens with one attached hydrogen (secondary N) is 1. The molecule has 14 nitrogen and oxygen atoms in total. The van der Waals surface area contributed by atoms with Crippen molar-refractivity contribution in [1.29, 1.82) is 0 Å². The minimum absolute atomic E-state index is 0.0334. The van der Waals surface area contributed by atoms with Crippen LogP contribution in [0.4, 0.5) is 34.6 Å². The van der Waals surface area contributed by atoms with E-state index in [1.54, 1.807) is 17.0 Å². The van der Waals surface area contributed by atoms with E-state index >= 15 is 4.39 Å². The summed E-state index contributed by atoms with van der Waals surface area (Å²) < 4.78 is 63.5. The maximum Gasteiger partial charge on any atom is 0.407 e. The Kier molecular flexibility index (Phi) is 10.4. The van der Waals surface area contributed by atoms with E-state index in [9.17, 15) is 41.9 Å². The second-order valence-electron chi connectivity index (χ2n) is 17.9. The molecular formula is C45H41F4N7O7S. The molecule has 64 heavy (non-hydrogen) atoms. The summed E-state index contributed by atoms with van der Waals surface area (Å²) >= 11 is 5.59. The Balaban J connectivity index is 0.810. The number of thiocarbonyl (C=S) groups is 1. The summed E-state index contributed by atoms with van der Waals surface area (Å²) in [6.45, 7) is 13.7. The zero-order valence-electron chi connectivity index (χ0n) is 34.7. The first kappa shape index (κ1) is 43.0. The predicted octanol–water partition coefficient (Wildman–Crippen LogP) is 5.89. The highest BCUT2D eigenvalue weighted by Gasteiger charge is 2.51. The van der Waals surface area contributed by atoms with Gasteiger partial charge in [-0.05, 0) is 125 Å². The number of halogens is 4. The van der Waals surface area contributed by atoms with E-state index in [-0.39, 0.29) is 57.4 Å². The maximum atomic E-state index is 15.9. The maximum absolute atomic E-state index is 15.9. The van der Waals surface area contributed by atoms with Crippen LogP contribution in [0.2, 0.25) is 0 Å². The van der Waals surface area contributed by atoms with Crippen LogP contribution < -0.4 is 19.9 Å². The summed E-state index contributed by atoms with van der Waals surface area (Å²) in [6.07, 6.45) is -1.76. The van der Waals surface area contributed by atoms with Crippen LogP contribution in [0, 0.1) is 23.7 Å². The molecule has 1 N–H and O–H groups in total. The van der Waals surface area contributed by atoms with Gasteiger partial charge in [0.25, 0.3) is 23.6 Å². The summed E-state index contributed by atoms with van der Waals surface area (Å²) in [5.74, 6) is -3.57. The average molecular weight is 900 g/mol. The molecule has 4 saturated heterocycles. The SMILES string of the molecule is [C-]#[N+]c1ccc(N2C(=O)C(C)(C)N(c3ccc(C(=O)N4CC[C@@H](CN5CCC6(CC5)COc5cc7c(cc5C6)C(=O)N(C5CCC(=O)NC5=O)C7=O)C4)c(F)c3)C2=S)cc1C(F)(F)F. The van der Waals surface area contributed by atoms with Crippen LogP contribution >= 0.6 is 12.2 Å². The van der Waals surface area contributed by atoms with Gasteiger partial charge in [-0.3, -0.25) is 43.9 Å². The Morgan fingerprint density at radius 3 is 2.33 bits per heavy atom. The van der Waals surface area contributed by atoms with Crippen LogP contribution in [-0.4, -0.2) is 106 Å². The lowest BCUT2D eigenvalue weighted by Gasteiger charge is -2.44. The normalized spacial score (nSPS) is 23.1. The zero-order chi connectivity index (χ0) is 45.6. The molecule has 2 atom stereocenters. The van der Waals surface area contributed by atoms with Crippen LogP contribution in [0.15, 0.2) is 48.5 Å². The van der Waals surface area contributed by atoms with Gasteiger partial charge in [0.05, 0.1) is 35.4 Å². The summed E-state index contributed by atoms with van der Waals surface area (Å²) in [5, 5.41) is 2.02. The minimum atomic E-state index is -4.86. The predicted molar refractivity (Wildman–Crippen MR) is 225 cm³/mol. The summed E-state index contributed by atoms with van der Waals surface area (Å²) in [5.41, 5.74) is -2.48. The van der Waals surface area contributed by atoms with Crippen LogP contribution in [0.5, 0.6) is 5.75 Å². The summed E-state index contributed by atoms with van der Waals surface area (Å²) in [4.78, 5) is 88.4. The molecule has 0 aliphatic carbocycles. The Bertz CT molecular complexity index is 2640. The zero-order valence-corrected chi connectivity index (χ0v) is 35.5. The number of rotatable bonds is 6. The van der Waals surface area contributed by atoms with Crippen molar-refractivity contribution in [3.63, 3.8) is 0 Å². The van der Waals surface area contributed by atoms with Crippen molar-refractivity contribution in [3.8, 4) is 5.75 Å². The topological polar surface area (TPSA) is 144 Å². The number of imide groups is 2. The number of likely N-dealkylation sites (tertiary alicyclic amines) is 2. The largest absolute Gasteiger partial charge is 0.493 e. The Hall–Kier alpha value is -6.26. The van der Waals surface area contributed by atoms with Crippen molar-refractivity contribution in [1.82, 2.24) is 20.0 Å². The molecule has 9 rings (SSSR count). The van der Waals surface area contributed by atoms with Gasteiger partial charge in [-0.25, -0.2) is 9.24 Å². The van der Waals surface area contributed by atoms with E-state index in [4.69, 9.17) is 23.5 Å². The lowest BCUT2D eigenvalue weighted by Crippen LogP contribution is -2.54. The molecule has 19 heteroatoms. The van der Waals surface area contributed by atoms with Crippen LogP contribution in [0.1, 0.15) is 88.2 Å². The third-order valence-corrected chi connectivity index (χ3v) is 13.9. The van der Waals surface area contributed by atoms with Crippen LogP contribution in [0.3, 0.4) is 0 Å². The Morgan fingerprint density at radius 2 is 1.66 bits per heavy atom. The Labute approximate surface area is 369 Å². The number of anilines is 2. The summed E-state index contributed by atoms with van der Waals surface area (Å²) in [7, 11) is 0. The molecular weight excluding hydrogens is 859 g/mol. The fourth-order valence-electron chi connectivity index (χ4n) is 9.99. The van der Waals surface area contributed by atoms with Crippen molar-refractivity contribution in [2.24, 2.45) is 11.3 Å². The molecule has 0 saturated carbocycles. The second-order valence-corrected chi connectivity index (χ2v) is 18.3. The molecule has 332 valence electrons. The summed E-state index contributed by atoms with van der Waals surface area (Å²) in [6, 6.07) is 8.98. The lowest BCUT2D eigenvalue weighted by atomic mass is 9.72. The molecule has 6 aliphatic heterocycles. The van der Waals surface area contributed by atoms with Gasteiger partial charge in [0.2, 0.25) is 11.8 Å². The monoisotopic (exact) mass is 899 g/mol. The number of ether oxygens (including phenoxy) is 1. The third kappa shape index (κ3) is 7.16. The molecule has 0 bridgehead atoms. The number of amides is 6. The molecule has 3 aromatic rings. The van der Waals surface area contributed by atoms with Gasteiger partial charge < -0.3 is 19.4 Å².